The first kappa shape index (κ1) is 94.0. The first-order chi connectivity index (χ1) is 47.7. The molecule has 5 atom stereocenters. The number of hydrogen-bond acceptors (Lipinski definition) is 15. The van der Waals surface area contributed by atoms with E-state index in [0.717, 1.165) is 180 Å². The van der Waals surface area contributed by atoms with Gasteiger partial charge in [0.25, 0.3) is 0 Å². The Kier molecular flexibility index (Phi) is 68.4. The molecule has 0 spiro atoms. The van der Waals surface area contributed by atoms with Crippen molar-refractivity contribution in [2.24, 2.45) is 0 Å². The van der Waals surface area contributed by atoms with E-state index >= 15 is 0 Å². The predicted molar refractivity (Wildman–Crippen MR) is 399 cm³/mol. The number of ether oxygens (including phenoxy) is 4. The molecule has 0 radical (unpaired) electrons. The number of carbonyl (C=O) groups is 4. The molecular weight excluding hydrogens is 1280 g/mol. The van der Waals surface area contributed by atoms with Gasteiger partial charge in [-0.3, -0.25) is 37.3 Å². The van der Waals surface area contributed by atoms with E-state index in [9.17, 15) is 43.2 Å². The topological polar surface area (TPSA) is 237 Å². The number of allylic oxidation sites excluding steroid dienone is 16. The highest BCUT2D eigenvalue weighted by Gasteiger charge is 2.30. The van der Waals surface area contributed by atoms with Gasteiger partial charge in [-0.1, -0.05) is 279 Å². The number of esters is 4. The van der Waals surface area contributed by atoms with Gasteiger partial charge < -0.3 is 33.8 Å². The molecule has 17 nitrogen and oxygen atoms in total. The number of aliphatic hydroxyl groups excluding tert-OH is 1. The predicted octanol–water partition coefficient (Wildman–Crippen LogP) is 22.0. The number of carbonyl (C=O) groups excluding carboxylic acids is 4. The van der Waals surface area contributed by atoms with Gasteiger partial charge in [-0.25, -0.2) is 9.13 Å². The van der Waals surface area contributed by atoms with Crippen molar-refractivity contribution in [2.75, 3.05) is 39.6 Å². The van der Waals surface area contributed by atoms with Crippen LogP contribution in [0.3, 0.4) is 0 Å². The maximum Gasteiger partial charge on any atom is 0.472 e. The molecule has 0 aliphatic carbocycles. The van der Waals surface area contributed by atoms with E-state index < -0.39 is 97.5 Å². The van der Waals surface area contributed by atoms with Crippen molar-refractivity contribution >= 4 is 39.5 Å². The SMILES string of the molecule is CC/C=C\C/C=C\C/C=C\C/C=C\CCCCCCC(=O)OCC(COP(=O)(O)OCC(O)COP(=O)(O)OCC(COC(=O)CCCCCCCCC/C=C\C/C=C\C/C=C\CC)OC(=O)CCCCCCC/C=C\CCCC)OC(=O)CCCCCCCCCCCCCCC. The molecule has 5 unspecified atom stereocenters. The lowest BCUT2D eigenvalue weighted by Crippen LogP contribution is -2.30. The Hall–Kier alpha value is -4.02. The van der Waals surface area contributed by atoms with Gasteiger partial charge in [0.1, 0.15) is 19.3 Å². The molecule has 3 N–H and O–H groups in total. The molecule has 566 valence electrons. The number of phosphoric acid groups is 2. The van der Waals surface area contributed by atoms with Crippen LogP contribution in [-0.2, 0) is 65.4 Å². The maximum atomic E-state index is 13.1. The van der Waals surface area contributed by atoms with Crippen LogP contribution in [0.4, 0.5) is 0 Å². The molecule has 0 bridgehead atoms. The summed E-state index contributed by atoms with van der Waals surface area (Å²) >= 11 is 0. The van der Waals surface area contributed by atoms with Gasteiger partial charge in [0.05, 0.1) is 26.4 Å². The van der Waals surface area contributed by atoms with Crippen molar-refractivity contribution in [1.82, 2.24) is 0 Å². The van der Waals surface area contributed by atoms with Crippen molar-refractivity contribution in [3.63, 3.8) is 0 Å². The Morgan fingerprint density at radius 1 is 0.296 bits per heavy atom. The summed E-state index contributed by atoms with van der Waals surface area (Å²) in [4.78, 5) is 72.8. The fourth-order valence-electron chi connectivity index (χ4n) is 10.2. The van der Waals surface area contributed by atoms with Gasteiger partial charge in [0.2, 0.25) is 0 Å². The van der Waals surface area contributed by atoms with E-state index in [2.05, 4.69) is 125 Å². The number of phosphoric ester groups is 2. The Balaban J connectivity index is 5.32. The number of unbranched alkanes of at least 4 members (excludes halogenated alkanes) is 30. The van der Waals surface area contributed by atoms with Crippen molar-refractivity contribution < 1.29 is 80.2 Å². The maximum absolute atomic E-state index is 13.1. The lowest BCUT2D eigenvalue weighted by Gasteiger charge is -2.21. The van der Waals surface area contributed by atoms with Crippen LogP contribution in [0.15, 0.2) is 97.2 Å². The van der Waals surface area contributed by atoms with Gasteiger partial charge in [0.15, 0.2) is 12.2 Å². The molecule has 0 aliphatic heterocycles. The van der Waals surface area contributed by atoms with Crippen molar-refractivity contribution in [3.05, 3.63) is 97.2 Å². The molecule has 0 aromatic heterocycles. The molecular formula is C79H138O17P2. The summed E-state index contributed by atoms with van der Waals surface area (Å²) in [5, 5.41) is 10.6. The average Bonchev–Trinajstić information content (AvgIpc) is 0.973. The van der Waals surface area contributed by atoms with Crippen LogP contribution < -0.4 is 0 Å². The minimum Gasteiger partial charge on any atom is -0.462 e. The number of aliphatic hydroxyl groups is 1. The lowest BCUT2D eigenvalue weighted by atomic mass is 10.0. The summed E-state index contributed by atoms with van der Waals surface area (Å²) in [5.41, 5.74) is 0. The Bertz CT molecular complexity index is 2240. The van der Waals surface area contributed by atoms with Crippen LogP contribution in [0.2, 0.25) is 0 Å². The van der Waals surface area contributed by atoms with Gasteiger partial charge in [0, 0.05) is 25.7 Å². The molecule has 19 heteroatoms. The first-order valence-electron chi connectivity index (χ1n) is 38.5. The van der Waals surface area contributed by atoms with Gasteiger partial charge in [-0.2, -0.15) is 0 Å². The zero-order chi connectivity index (χ0) is 71.8. The van der Waals surface area contributed by atoms with E-state index in [-0.39, 0.29) is 25.7 Å². The van der Waals surface area contributed by atoms with Crippen LogP contribution in [0, 0.1) is 0 Å². The number of rotatable bonds is 72. The van der Waals surface area contributed by atoms with Crippen LogP contribution in [0.25, 0.3) is 0 Å². The smallest absolute Gasteiger partial charge is 0.462 e. The lowest BCUT2D eigenvalue weighted by molar-refractivity contribution is -0.161. The third-order valence-electron chi connectivity index (χ3n) is 16.0. The molecule has 98 heavy (non-hydrogen) atoms. The average molecular weight is 1420 g/mol. The fraction of sp³-hybridized carbons (Fsp3) is 0.747. The standard InChI is InChI=1S/C79H138O17P2/c1-5-9-13-17-21-25-29-32-34-36-38-41-44-47-51-55-59-63-76(81)89-69-74(95-78(83)65-61-57-53-49-43-28-24-20-16-12-8-4)71-93-97(85,86)91-67-73(80)68-92-98(87,88)94-72-75(96-79(84)66-62-58-54-50-46-40-31-27-23-19-15-11-7-3)70-90-77(82)64-60-56-52-48-45-42-39-37-35-33-30-26-22-18-14-10-6-2/h9-10,13-14,20-22,24-26,32-35,39,42,73-75,80H,5-8,11-12,15-19,23,27-31,36-38,40-41,43-72H2,1-4H3,(H,85,86)(H,87,88)/b13-9-,14-10-,24-20-,25-21-,26-22-,34-32-,35-33-,42-39-. The summed E-state index contributed by atoms with van der Waals surface area (Å²) in [6.07, 6.45) is 74.0. The van der Waals surface area contributed by atoms with Crippen LogP contribution in [0.5, 0.6) is 0 Å². The molecule has 0 saturated heterocycles. The highest BCUT2D eigenvalue weighted by atomic mass is 31.2. The molecule has 0 aromatic carbocycles. The summed E-state index contributed by atoms with van der Waals surface area (Å²) in [6, 6.07) is 0. The highest BCUT2D eigenvalue weighted by molar-refractivity contribution is 7.47. The van der Waals surface area contributed by atoms with E-state index in [1.54, 1.807) is 0 Å². The number of hydrogen-bond donors (Lipinski definition) is 3. The monoisotopic (exact) mass is 1420 g/mol. The minimum absolute atomic E-state index is 0.0824. The second-order valence-corrected chi connectivity index (χ2v) is 28.4. The summed E-state index contributed by atoms with van der Waals surface area (Å²) < 4.78 is 68.4. The normalized spacial score (nSPS) is 14.5. The van der Waals surface area contributed by atoms with Crippen molar-refractivity contribution in [2.45, 2.75) is 341 Å². The Labute approximate surface area is 595 Å². The highest BCUT2D eigenvalue weighted by Crippen LogP contribution is 2.45. The molecule has 0 fully saturated rings. The quantitative estimate of drug-likeness (QED) is 0.0169. The van der Waals surface area contributed by atoms with Crippen LogP contribution in [-0.4, -0.2) is 96.7 Å². The zero-order valence-electron chi connectivity index (χ0n) is 61.7. The van der Waals surface area contributed by atoms with E-state index in [1.807, 2.05) is 0 Å². The van der Waals surface area contributed by atoms with Gasteiger partial charge in [-0.05, 0) is 116 Å². The van der Waals surface area contributed by atoms with Crippen molar-refractivity contribution in [1.29, 1.82) is 0 Å². The van der Waals surface area contributed by atoms with E-state index in [0.29, 0.717) is 25.7 Å². The fourth-order valence-corrected chi connectivity index (χ4v) is 11.8. The Morgan fingerprint density at radius 3 is 0.857 bits per heavy atom. The molecule has 0 amide bonds. The minimum atomic E-state index is -4.98. The molecule has 0 aromatic rings. The van der Waals surface area contributed by atoms with E-state index in [1.165, 1.54) is 64.2 Å². The Morgan fingerprint density at radius 2 is 0.541 bits per heavy atom. The van der Waals surface area contributed by atoms with Gasteiger partial charge in [-0.15, -0.1) is 0 Å². The van der Waals surface area contributed by atoms with Crippen LogP contribution >= 0.6 is 15.6 Å². The second kappa shape index (κ2) is 71.4. The summed E-state index contributed by atoms with van der Waals surface area (Å²) in [5.74, 6) is -2.21. The zero-order valence-corrected chi connectivity index (χ0v) is 63.5. The van der Waals surface area contributed by atoms with Crippen molar-refractivity contribution in [3.8, 4) is 0 Å². The molecule has 0 saturated carbocycles. The van der Waals surface area contributed by atoms with Crippen LogP contribution in [0.1, 0.15) is 323 Å². The molecule has 0 rings (SSSR count). The second-order valence-electron chi connectivity index (χ2n) is 25.5. The first-order valence-corrected chi connectivity index (χ1v) is 41.5. The van der Waals surface area contributed by atoms with Gasteiger partial charge >= 0.3 is 39.5 Å². The molecule has 0 aliphatic rings. The summed E-state index contributed by atoms with van der Waals surface area (Å²) in [7, 11) is -9.95. The summed E-state index contributed by atoms with van der Waals surface area (Å²) in [6.45, 7) is 4.59. The van der Waals surface area contributed by atoms with E-state index in [4.69, 9.17) is 37.0 Å². The molecule has 0 heterocycles. The largest absolute Gasteiger partial charge is 0.472 e. The third-order valence-corrected chi connectivity index (χ3v) is 17.9. The third kappa shape index (κ3) is 70.4.